The summed E-state index contributed by atoms with van der Waals surface area (Å²) in [5.74, 6) is 0.374. The highest BCUT2D eigenvalue weighted by Crippen LogP contribution is 2.19. The largest absolute Gasteiger partial charge is 0.376 e. The van der Waals surface area contributed by atoms with E-state index in [1.54, 1.807) is 48.5 Å². The van der Waals surface area contributed by atoms with Gasteiger partial charge < -0.3 is 25.6 Å². The summed E-state index contributed by atoms with van der Waals surface area (Å²) in [4.78, 5) is 39.2. The van der Waals surface area contributed by atoms with E-state index in [0.29, 0.717) is 29.3 Å². The molecular weight excluding hydrogens is 444 g/mol. The van der Waals surface area contributed by atoms with E-state index < -0.39 is 0 Å². The SMILES string of the molecule is CC1CCN(C(=O)c2ccc(NC(=O)CNc3ccc(C(=O)NCC4CCCO4)cc3)cc2)CC1. The Labute approximate surface area is 206 Å². The Kier molecular flexibility index (Phi) is 8.36. The minimum Gasteiger partial charge on any atom is -0.376 e. The van der Waals surface area contributed by atoms with Crippen molar-refractivity contribution < 1.29 is 19.1 Å². The van der Waals surface area contributed by atoms with Crippen LogP contribution in [0.25, 0.3) is 0 Å². The van der Waals surface area contributed by atoms with Crippen LogP contribution in [0.5, 0.6) is 0 Å². The molecule has 2 aromatic rings. The van der Waals surface area contributed by atoms with Crippen LogP contribution in [0, 0.1) is 5.92 Å². The van der Waals surface area contributed by atoms with E-state index in [2.05, 4.69) is 22.9 Å². The van der Waals surface area contributed by atoms with Gasteiger partial charge in [0.25, 0.3) is 11.8 Å². The highest BCUT2D eigenvalue weighted by Gasteiger charge is 2.21. The van der Waals surface area contributed by atoms with Crippen molar-refractivity contribution in [3.05, 3.63) is 59.7 Å². The van der Waals surface area contributed by atoms with Gasteiger partial charge in [-0.3, -0.25) is 14.4 Å². The first kappa shape index (κ1) is 24.7. The van der Waals surface area contributed by atoms with Crippen LogP contribution in [-0.2, 0) is 9.53 Å². The molecular formula is C27H34N4O4. The van der Waals surface area contributed by atoms with Crippen LogP contribution in [0.4, 0.5) is 11.4 Å². The first-order chi connectivity index (χ1) is 17.0. The highest BCUT2D eigenvalue weighted by atomic mass is 16.5. The van der Waals surface area contributed by atoms with Crippen LogP contribution in [0.2, 0.25) is 0 Å². The fraction of sp³-hybridized carbons (Fsp3) is 0.444. The fourth-order valence-electron chi connectivity index (χ4n) is 4.33. The topological polar surface area (TPSA) is 99.8 Å². The number of nitrogens with zero attached hydrogens (tertiary/aromatic N) is 1. The predicted molar refractivity (Wildman–Crippen MR) is 136 cm³/mol. The van der Waals surface area contributed by atoms with Crippen molar-refractivity contribution in [1.82, 2.24) is 10.2 Å². The lowest BCUT2D eigenvalue weighted by Crippen LogP contribution is -2.37. The minimum atomic E-state index is -0.201. The number of ether oxygens (including phenoxy) is 1. The number of rotatable bonds is 8. The third-order valence-electron chi connectivity index (χ3n) is 6.60. The number of carbonyl (C=O) groups excluding carboxylic acids is 3. The van der Waals surface area contributed by atoms with Gasteiger partial charge in [-0.25, -0.2) is 0 Å². The van der Waals surface area contributed by atoms with Gasteiger partial charge >= 0.3 is 0 Å². The molecule has 35 heavy (non-hydrogen) atoms. The van der Waals surface area contributed by atoms with E-state index in [9.17, 15) is 14.4 Å². The lowest BCUT2D eigenvalue weighted by Gasteiger charge is -2.30. The average molecular weight is 479 g/mol. The minimum absolute atomic E-state index is 0.0421. The van der Waals surface area contributed by atoms with Crippen molar-refractivity contribution in [1.29, 1.82) is 0 Å². The quantitative estimate of drug-likeness (QED) is 0.539. The van der Waals surface area contributed by atoms with Crippen LogP contribution in [-0.4, -0.2) is 61.5 Å². The van der Waals surface area contributed by atoms with Gasteiger partial charge in [-0.2, -0.15) is 0 Å². The fourth-order valence-corrected chi connectivity index (χ4v) is 4.33. The molecule has 2 aromatic carbocycles. The van der Waals surface area contributed by atoms with Crippen molar-refractivity contribution >= 4 is 29.1 Å². The van der Waals surface area contributed by atoms with Crippen molar-refractivity contribution in [3.63, 3.8) is 0 Å². The molecule has 0 aromatic heterocycles. The molecule has 0 radical (unpaired) electrons. The third-order valence-corrected chi connectivity index (χ3v) is 6.60. The maximum absolute atomic E-state index is 12.7. The highest BCUT2D eigenvalue weighted by molar-refractivity contribution is 5.97. The molecule has 0 aliphatic carbocycles. The Morgan fingerprint density at radius 3 is 2.23 bits per heavy atom. The van der Waals surface area contributed by atoms with Gasteiger partial charge in [0.05, 0.1) is 12.6 Å². The number of carbonyl (C=O) groups is 3. The number of hydrogen-bond acceptors (Lipinski definition) is 5. The maximum Gasteiger partial charge on any atom is 0.253 e. The van der Waals surface area contributed by atoms with Crippen molar-refractivity contribution in [2.45, 2.75) is 38.7 Å². The van der Waals surface area contributed by atoms with Gasteiger partial charge in [-0.1, -0.05) is 6.92 Å². The van der Waals surface area contributed by atoms with Gasteiger partial charge in [0.2, 0.25) is 5.91 Å². The molecule has 3 amide bonds. The maximum atomic E-state index is 12.7. The van der Waals surface area contributed by atoms with E-state index in [-0.39, 0.29) is 30.4 Å². The molecule has 3 N–H and O–H groups in total. The number of benzene rings is 2. The molecule has 8 heteroatoms. The molecule has 2 heterocycles. The molecule has 2 fully saturated rings. The van der Waals surface area contributed by atoms with Crippen LogP contribution >= 0.6 is 0 Å². The molecule has 2 saturated heterocycles. The van der Waals surface area contributed by atoms with Crippen LogP contribution in [0.15, 0.2) is 48.5 Å². The first-order valence-electron chi connectivity index (χ1n) is 12.4. The number of amides is 3. The van der Waals surface area contributed by atoms with E-state index in [0.717, 1.165) is 51.1 Å². The normalized spacial score (nSPS) is 18.2. The summed E-state index contributed by atoms with van der Waals surface area (Å²) in [6.07, 6.45) is 4.20. The second-order valence-electron chi connectivity index (χ2n) is 9.38. The first-order valence-corrected chi connectivity index (χ1v) is 12.4. The van der Waals surface area contributed by atoms with E-state index >= 15 is 0 Å². The molecule has 0 bridgehead atoms. The van der Waals surface area contributed by atoms with Crippen LogP contribution in [0.3, 0.4) is 0 Å². The lowest BCUT2D eigenvalue weighted by atomic mass is 9.98. The summed E-state index contributed by atoms with van der Waals surface area (Å²) >= 11 is 0. The smallest absolute Gasteiger partial charge is 0.253 e. The van der Waals surface area contributed by atoms with E-state index in [1.807, 2.05) is 4.90 Å². The van der Waals surface area contributed by atoms with Gasteiger partial charge in [0.15, 0.2) is 0 Å². The Morgan fingerprint density at radius 1 is 0.914 bits per heavy atom. The van der Waals surface area contributed by atoms with Crippen molar-refractivity contribution in [2.24, 2.45) is 5.92 Å². The summed E-state index contributed by atoms with van der Waals surface area (Å²) in [6, 6.07) is 14.0. The average Bonchev–Trinajstić information content (AvgIpc) is 3.41. The summed E-state index contributed by atoms with van der Waals surface area (Å²) in [7, 11) is 0. The molecule has 0 saturated carbocycles. The zero-order chi connectivity index (χ0) is 24.6. The van der Waals surface area contributed by atoms with Gasteiger partial charge in [-0.05, 0) is 80.1 Å². The number of anilines is 2. The van der Waals surface area contributed by atoms with Gasteiger partial charge in [0.1, 0.15) is 0 Å². The van der Waals surface area contributed by atoms with Crippen LogP contribution < -0.4 is 16.0 Å². The second-order valence-corrected chi connectivity index (χ2v) is 9.38. The van der Waals surface area contributed by atoms with Crippen LogP contribution in [0.1, 0.15) is 53.3 Å². The molecule has 4 rings (SSSR count). The third kappa shape index (κ3) is 7.05. The summed E-state index contributed by atoms with van der Waals surface area (Å²) in [6.45, 7) is 5.17. The van der Waals surface area contributed by atoms with Crippen molar-refractivity contribution in [3.8, 4) is 0 Å². The molecule has 1 unspecified atom stereocenters. The zero-order valence-electron chi connectivity index (χ0n) is 20.2. The molecule has 2 aliphatic heterocycles. The predicted octanol–water partition coefficient (Wildman–Crippen LogP) is 3.52. The lowest BCUT2D eigenvalue weighted by molar-refractivity contribution is -0.114. The molecule has 8 nitrogen and oxygen atoms in total. The molecule has 0 spiro atoms. The van der Waals surface area contributed by atoms with Crippen molar-refractivity contribution in [2.75, 3.05) is 43.4 Å². The van der Waals surface area contributed by atoms with Gasteiger partial charge in [0, 0.05) is 48.7 Å². The standard InChI is InChI=1S/C27H34N4O4/c1-19-12-14-31(15-13-19)27(34)21-6-10-23(11-7-21)30-25(32)18-28-22-8-4-20(5-9-22)26(33)29-17-24-3-2-16-35-24/h4-11,19,24,28H,2-3,12-18H2,1H3,(H,29,33)(H,30,32). The number of piperidine rings is 1. The molecule has 1 atom stereocenters. The Balaban J connectivity index is 1.20. The second kappa shape index (κ2) is 11.8. The number of nitrogens with one attached hydrogen (secondary N) is 3. The number of likely N-dealkylation sites (tertiary alicyclic amines) is 1. The summed E-state index contributed by atoms with van der Waals surface area (Å²) in [5, 5.41) is 8.79. The summed E-state index contributed by atoms with van der Waals surface area (Å²) in [5.41, 5.74) is 2.58. The summed E-state index contributed by atoms with van der Waals surface area (Å²) < 4.78 is 5.52. The van der Waals surface area contributed by atoms with E-state index in [1.165, 1.54) is 0 Å². The Hall–Kier alpha value is -3.39. The Bertz CT molecular complexity index is 1010. The molecule has 186 valence electrons. The Morgan fingerprint density at radius 2 is 1.57 bits per heavy atom. The zero-order valence-corrected chi connectivity index (χ0v) is 20.2. The van der Waals surface area contributed by atoms with Gasteiger partial charge in [-0.15, -0.1) is 0 Å². The van der Waals surface area contributed by atoms with E-state index in [4.69, 9.17) is 4.74 Å². The molecule has 2 aliphatic rings. The number of hydrogen-bond donors (Lipinski definition) is 3. The monoisotopic (exact) mass is 478 g/mol.